The van der Waals surface area contributed by atoms with Gasteiger partial charge in [-0.3, -0.25) is 4.79 Å². The van der Waals surface area contributed by atoms with Crippen LogP contribution in [0, 0.1) is 19.7 Å². The highest BCUT2D eigenvalue weighted by atomic mass is 19.1. The summed E-state index contributed by atoms with van der Waals surface area (Å²) >= 11 is 0. The highest BCUT2D eigenvalue weighted by Gasteiger charge is 2.39. The molecule has 8 heteroatoms. The molecule has 1 aromatic carbocycles. The summed E-state index contributed by atoms with van der Waals surface area (Å²) in [6, 6.07) is 4.22. The molecule has 0 bridgehead atoms. The molecular formula is C24H26FN3O4. The highest BCUT2D eigenvalue weighted by molar-refractivity contribution is 6.18. The second-order valence-electron chi connectivity index (χ2n) is 9.06. The quantitative estimate of drug-likeness (QED) is 0.601. The number of esters is 1. The Morgan fingerprint density at radius 1 is 1.28 bits per heavy atom. The van der Waals surface area contributed by atoms with Gasteiger partial charge in [-0.25, -0.2) is 9.18 Å². The van der Waals surface area contributed by atoms with Crippen molar-refractivity contribution in [1.29, 1.82) is 0 Å². The molecule has 1 aliphatic heterocycles. The summed E-state index contributed by atoms with van der Waals surface area (Å²) in [5.41, 5.74) is 2.68. The van der Waals surface area contributed by atoms with Gasteiger partial charge >= 0.3 is 5.97 Å². The van der Waals surface area contributed by atoms with E-state index in [-0.39, 0.29) is 29.9 Å². The van der Waals surface area contributed by atoms with Crippen LogP contribution in [-0.2, 0) is 14.9 Å². The Morgan fingerprint density at radius 3 is 2.66 bits per heavy atom. The third-order valence-corrected chi connectivity index (χ3v) is 5.48. The van der Waals surface area contributed by atoms with Crippen molar-refractivity contribution in [3.8, 4) is 0 Å². The zero-order valence-electron chi connectivity index (χ0n) is 19.0. The lowest BCUT2D eigenvalue weighted by atomic mass is 9.83. The van der Waals surface area contributed by atoms with Crippen LogP contribution >= 0.6 is 0 Å². The average Bonchev–Trinajstić information content (AvgIpc) is 3.17. The number of amides is 1. The summed E-state index contributed by atoms with van der Waals surface area (Å²) in [4.78, 5) is 35.5. The average molecular weight is 439 g/mol. The minimum Gasteiger partial charge on any atom is -0.459 e. The number of carbonyl (C=O) groups is 2. The number of aromatic amines is 1. The van der Waals surface area contributed by atoms with Gasteiger partial charge in [0.05, 0.1) is 17.4 Å². The zero-order chi connectivity index (χ0) is 23.4. The molecule has 0 saturated heterocycles. The SMILES string of the molecule is Cc1nc2[nH]c3c(c2o1)C(C)(C)CN(C(=O)c1ccc(F)c(C)c1)C=C3C(=O)OC(C)C. The van der Waals surface area contributed by atoms with E-state index in [4.69, 9.17) is 9.15 Å². The molecule has 1 amide bonds. The van der Waals surface area contributed by atoms with Gasteiger partial charge in [-0.1, -0.05) is 13.8 Å². The van der Waals surface area contributed by atoms with Gasteiger partial charge in [-0.2, -0.15) is 4.98 Å². The molecule has 4 rings (SSSR count). The molecule has 0 radical (unpaired) electrons. The Labute approximate surface area is 185 Å². The van der Waals surface area contributed by atoms with E-state index in [1.54, 1.807) is 27.7 Å². The Hall–Kier alpha value is -3.42. The summed E-state index contributed by atoms with van der Waals surface area (Å²) in [6.45, 7) is 11.1. The first-order valence-corrected chi connectivity index (χ1v) is 10.5. The molecule has 0 aliphatic carbocycles. The molecule has 0 fully saturated rings. The Balaban J connectivity index is 1.88. The molecule has 32 heavy (non-hydrogen) atoms. The largest absolute Gasteiger partial charge is 0.459 e. The number of fused-ring (bicyclic) bond motifs is 3. The van der Waals surface area contributed by atoms with Crippen LogP contribution in [0.4, 0.5) is 4.39 Å². The minimum absolute atomic E-state index is 0.206. The number of benzene rings is 1. The van der Waals surface area contributed by atoms with Crippen molar-refractivity contribution in [1.82, 2.24) is 14.9 Å². The molecule has 1 N–H and O–H groups in total. The van der Waals surface area contributed by atoms with Crippen LogP contribution in [0.15, 0.2) is 28.8 Å². The van der Waals surface area contributed by atoms with Gasteiger partial charge in [-0.15, -0.1) is 0 Å². The molecule has 1 aliphatic rings. The van der Waals surface area contributed by atoms with Crippen LogP contribution in [0.25, 0.3) is 16.8 Å². The molecule has 3 aromatic rings. The number of hydrogen-bond acceptors (Lipinski definition) is 5. The van der Waals surface area contributed by atoms with Crippen LogP contribution in [0.5, 0.6) is 0 Å². The number of oxazole rings is 1. The lowest BCUT2D eigenvalue weighted by molar-refractivity contribution is -0.140. The normalized spacial score (nSPS) is 15.5. The van der Waals surface area contributed by atoms with E-state index in [1.165, 1.54) is 29.3 Å². The predicted octanol–water partition coefficient (Wildman–Crippen LogP) is 4.64. The minimum atomic E-state index is -0.597. The van der Waals surface area contributed by atoms with Gasteiger partial charge in [-0.05, 0) is 44.5 Å². The predicted molar refractivity (Wildman–Crippen MR) is 118 cm³/mol. The second kappa shape index (κ2) is 7.62. The fraction of sp³-hybridized carbons (Fsp3) is 0.375. The summed E-state index contributed by atoms with van der Waals surface area (Å²) in [5, 5.41) is 0. The molecule has 0 unspecified atom stereocenters. The first kappa shape index (κ1) is 21.8. The molecule has 0 saturated carbocycles. The number of H-pyrrole nitrogens is 1. The standard InChI is InChI=1S/C24H26FN3O4/c1-12(2)31-23(30)16-10-28(22(29)15-7-8-17(25)13(3)9-15)11-24(5,6)18-19(16)27-21-20(18)32-14(4)26-21/h7-10,12,27H,11H2,1-6H3. The third kappa shape index (κ3) is 3.70. The van der Waals surface area contributed by atoms with Gasteiger partial charge in [0.25, 0.3) is 5.91 Å². The molecular weight excluding hydrogens is 413 g/mol. The van der Waals surface area contributed by atoms with Crippen molar-refractivity contribution in [3.05, 3.63) is 58.5 Å². The summed E-state index contributed by atoms with van der Waals surface area (Å²) < 4.78 is 25.1. The van der Waals surface area contributed by atoms with E-state index in [0.717, 1.165) is 5.56 Å². The fourth-order valence-electron chi connectivity index (χ4n) is 4.10. The number of ether oxygens (including phenoxy) is 1. The van der Waals surface area contributed by atoms with Crippen molar-refractivity contribution in [2.45, 2.75) is 53.1 Å². The summed E-state index contributed by atoms with van der Waals surface area (Å²) in [6.07, 6.45) is 1.16. The molecule has 2 aromatic heterocycles. The number of nitrogens with zero attached hydrogens (tertiary/aromatic N) is 2. The number of aromatic nitrogens is 2. The van der Waals surface area contributed by atoms with Crippen molar-refractivity contribution in [2.24, 2.45) is 0 Å². The fourth-order valence-corrected chi connectivity index (χ4v) is 4.10. The van der Waals surface area contributed by atoms with Crippen molar-refractivity contribution in [2.75, 3.05) is 6.54 Å². The van der Waals surface area contributed by atoms with E-state index in [2.05, 4.69) is 9.97 Å². The van der Waals surface area contributed by atoms with Gasteiger partial charge in [0.2, 0.25) is 0 Å². The van der Waals surface area contributed by atoms with Gasteiger partial charge in [0, 0.05) is 36.2 Å². The highest BCUT2D eigenvalue weighted by Crippen LogP contribution is 2.41. The second-order valence-corrected chi connectivity index (χ2v) is 9.06. The smallest absolute Gasteiger partial charge is 0.342 e. The molecule has 7 nitrogen and oxygen atoms in total. The van der Waals surface area contributed by atoms with Crippen LogP contribution in [-0.4, -0.2) is 39.4 Å². The first-order valence-electron chi connectivity index (χ1n) is 10.5. The van der Waals surface area contributed by atoms with Crippen molar-refractivity contribution in [3.63, 3.8) is 0 Å². The Bertz CT molecular complexity index is 1270. The molecule has 3 heterocycles. The number of hydrogen-bond donors (Lipinski definition) is 1. The van der Waals surface area contributed by atoms with Gasteiger partial charge < -0.3 is 19.0 Å². The first-order chi connectivity index (χ1) is 15.0. The lowest BCUT2D eigenvalue weighted by Gasteiger charge is -2.29. The van der Waals surface area contributed by atoms with Crippen LogP contribution in [0.2, 0.25) is 0 Å². The van der Waals surface area contributed by atoms with Crippen molar-refractivity contribution >= 4 is 28.7 Å². The number of carbonyl (C=O) groups excluding carboxylic acids is 2. The van der Waals surface area contributed by atoms with Crippen molar-refractivity contribution < 1.29 is 23.1 Å². The molecule has 0 spiro atoms. The van der Waals surface area contributed by atoms with Crippen LogP contribution in [0.1, 0.15) is 60.8 Å². The van der Waals surface area contributed by atoms with E-state index in [1.807, 2.05) is 13.8 Å². The van der Waals surface area contributed by atoms with E-state index in [0.29, 0.717) is 33.9 Å². The maximum atomic E-state index is 13.8. The van der Waals surface area contributed by atoms with Gasteiger partial charge in [0.1, 0.15) is 5.82 Å². The number of aryl methyl sites for hydroxylation is 2. The lowest BCUT2D eigenvalue weighted by Crippen LogP contribution is -2.37. The summed E-state index contributed by atoms with van der Waals surface area (Å²) in [7, 11) is 0. The topological polar surface area (TPSA) is 88.4 Å². The van der Waals surface area contributed by atoms with E-state index in [9.17, 15) is 14.0 Å². The van der Waals surface area contributed by atoms with Crippen LogP contribution < -0.4 is 0 Å². The Morgan fingerprint density at radius 2 is 2.00 bits per heavy atom. The third-order valence-electron chi connectivity index (χ3n) is 5.48. The number of halogens is 1. The molecule has 168 valence electrons. The molecule has 0 atom stereocenters. The maximum absolute atomic E-state index is 13.8. The van der Waals surface area contributed by atoms with Crippen LogP contribution in [0.3, 0.4) is 0 Å². The maximum Gasteiger partial charge on any atom is 0.342 e. The number of nitrogens with one attached hydrogen (secondary N) is 1. The summed E-state index contributed by atoms with van der Waals surface area (Å²) in [5.74, 6) is -0.787. The Kier molecular flexibility index (Phi) is 5.19. The number of rotatable bonds is 3. The van der Waals surface area contributed by atoms with E-state index >= 15 is 0 Å². The van der Waals surface area contributed by atoms with E-state index < -0.39 is 11.4 Å². The monoisotopic (exact) mass is 439 g/mol. The van der Waals surface area contributed by atoms with Gasteiger partial charge in [0.15, 0.2) is 17.1 Å². The zero-order valence-corrected chi connectivity index (χ0v) is 19.0.